The average Bonchev–Trinajstić information content (AvgIpc) is 2.67. The van der Waals surface area contributed by atoms with Crippen molar-refractivity contribution in [3.63, 3.8) is 0 Å². The first kappa shape index (κ1) is 21.0. The summed E-state index contributed by atoms with van der Waals surface area (Å²) in [5.74, 6) is -0.198. The summed E-state index contributed by atoms with van der Waals surface area (Å²) in [5, 5.41) is 6.72. The average molecular weight is 450 g/mol. The number of amides is 2. The van der Waals surface area contributed by atoms with E-state index in [0.29, 0.717) is 32.7 Å². The Morgan fingerprint density at radius 3 is 2.14 bits per heavy atom. The highest BCUT2D eigenvalue weighted by atomic mass is 35.5. The van der Waals surface area contributed by atoms with Gasteiger partial charge in [0, 0.05) is 21.4 Å². The van der Waals surface area contributed by atoms with Crippen LogP contribution < -0.4 is 15.4 Å². The van der Waals surface area contributed by atoms with Gasteiger partial charge in [-0.2, -0.15) is 0 Å². The zero-order valence-electron chi connectivity index (χ0n) is 14.9. The van der Waals surface area contributed by atoms with E-state index in [2.05, 4.69) is 10.6 Å². The highest BCUT2D eigenvalue weighted by Gasteiger charge is 2.12. The minimum Gasteiger partial charge on any atom is -0.484 e. The largest absolute Gasteiger partial charge is 0.484 e. The summed E-state index contributed by atoms with van der Waals surface area (Å²) in [4.78, 5) is 24.5. The number of rotatable bonds is 6. The van der Waals surface area contributed by atoms with Crippen molar-refractivity contribution in [1.82, 2.24) is 0 Å². The van der Waals surface area contributed by atoms with Crippen LogP contribution in [-0.4, -0.2) is 18.4 Å². The predicted octanol–water partition coefficient (Wildman–Crippen LogP) is 5.92. The van der Waals surface area contributed by atoms with Crippen LogP contribution in [0, 0.1) is 0 Å². The van der Waals surface area contributed by atoms with Crippen molar-refractivity contribution in [3.05, 3.63) is 87.4 Å². The van der Waals surface area contributed by atoms with Gasteiger partial charge in [-0.15, -0.1) is 0 Å². The number of hydrogen-bond acceptors (Lipinski definition) is 3. The van der Waals surface area contributed by atoms with Crippen LogP contribution in [0.3, 0.4) is 0 Å². The molecule has 3 aromatic rings. The lowest BCUT2D eigenvalue weighted by Crippen LogP contribution is -2.20. The van der Waals surface area contributed by atoms with Crippen LogP contribution in [0.5, 0.6) is 5.75 Å². The molecular weight excluding hydrogens is 435 g/mol. The van der Waals surface area contributed by atoms with Crippen molar-refractivity contribution in [1.29, 1.82) is 0 Å². The number of carbonyl (C=O) groups excluding carboxylic acids is 2. The van der Waals surface area contributed by atoms with Crippen LogP contribution in [0.4, 0.5) is 11.4 Å². The van der Waals surface area contributed by atoms with Gasteiger partial charge in [0.15, 0.2) is 6.61 Å². The van der Waals surface area contributed by atoms with E-state index in [0.717, 1.165) is 0 Å². The van der Waals surface area contributed by atoms with Gasteiger partial charge in [0.2, 0.25) is 0 Å². The predicted molar refractivity (Wildman–Crippen MR) is 116 cm³/mol. The number of benzene rings is 3. The molecule has 148 valence electrons. The quantitative estimate of drug-likeness (QED) is 0.491. The molecule has 3 aromatic carbocycles. The molecule has 3 rings (SSSR count). The monoisotopic (exact) mass is 448 g/mol. The molecule has 0 atom stereocenters. The summed E-state index contributed by atoms with van der Waals surface area (Å²) >= 11 is 17.7. The minimum absolute atomic E-state index is 0.168. The molecule has 0 aliphatic rings. The summed E-state index contributed by atoms with van der Waals surface area (Å²) in [5.41, 5.74) is 1.30. The van der Waals surface area contributed by atoms with Crippen LogP contribution in [-0.2, 0) is 4.79 Å². The first-order chi connectivity index (χ1) is 13.9. The summed E-state index contributed by atoms with van der Waals surface area (Å²) in [6, 6.07) is 18.0. The fraction of sp³-hybridized carbons (Fsp3) is 0.0476. The van der Waals surface area contributed by atoms with E-state index in [1.54, 1.807) is 60.7 Å². The van der Waals surface area contributed by atoms with E-state index < -0.39 is 0 Å². The number of anilines is 2. The van der Waals surface area contributed by atoms with Crippen molar-refractivity contribution < 1.29 is 14.3 Å². The highest BCUT2D eigenvalue weighted by molar-refractivity contribution is 6.37. The maximum atomic E-state index is 12.4. The third-order valence-electron chi connectivity index (χ3n) is 3.76. The molecule has 0 spiro atoms. The lowest BCUT2D eigenvalue weighted by atomic mass is 10.2. The first-order valence-electron chi connectivity index (χ1n) is 8.45. The van der Waals surface area contributed by atoms with Crippen molar-refractivity contribution in [2.75, 3.05) is 17.2 Å². The Morgan fingerprint density at radius 1 is 0.793 bits per heavy atom. The first-order valence-corrected chi connectivity index (χ1v) is 9.59. The topological polar surface area (TPSA) is 67.4 Å². The molecule has 0 bridgehead atoms. The maximum absolute atomic E-state index is 12.4. The molecule has 8 heteroatoms. The summed E-state index contributed by atoms with van der Waals surface area (Å²) in [6.45, 7) is -0.168. The third-order valence-corrected chi connectivity index (χ3v) is 4.56. The van der Waals surface area contributed by atoms with E-state index in [-0.39, 0.29) is 23.4 Å². The lowest BCUT2D eigenvalue weighted by Gasteiger charge is -2.10. The van der Waals surface area contributed by atoms with Crippen LogP contribution in [0.25, 0.3) is 0 Å². The SMILES string of the molecule is O=C(COc1ccc(Cl)cc1)Nc1cccc(NC(=O)c2ccc(Cl)cc2Cl)c1. The summed E-state index contributed by atoms with van der Waals surface area (Å²) < 4.78 is 5.40. The van der Waals surface area contributed by atoms with Gasteiger partial charge in [-0.1, -0.05) is 40.9 Å². The van der Waals surface area contributed by atoms with Gasteiger partial charge < -0.3 is 15.4 Å². The van der Waals surface area contributed by atoms with Crippen LogP contribution >= 0.6 is 34.8 Å². The Kier molecular flexibility index (Phi) is 6.99. The second-order valence-electron chi connectivity index (χ2n) is 5.95. The van der Waals surface area contributed by atoms with Gasteiger partial charge in [0.05, 0.1) is 10.6 Å². The number of ether oxygens (including phenoxy) is 1. The standard InChI is InChI=1S/C21H15Cl3N2O3/c22-13-4-7-17(8-5-13)29-12-20(27)25-15-2-1-3-16(11-15)26-21(28)18-9-6-14(23)10-19(18)24/h1-11H,12H2,(H,25,27)(H,26,28). The molecule has 0 fully saturated rings. The molecule has 0 unspecified atom stereocenters. The Balaban J connectivity index is 1.59. The molecule has 0 aliphatic heterocycles. The lowest BCUT2D eigenvalue weighted by molar-refractivity contribution is -0.118. The molecule has 0 saturated carbocycles. The van der Waals surface area contributed by atoms with Gasteiger partial charge in [0.25, 0.3) is 11.8 Å². The van der Waals surface area contributed by atoms with E-state index in [9.17, 15) is 9.59 Å². The van der Waals surface area contributed by atoms with E-state index >= 15 is 0 Å². The second-order valence-corrected chi connectivity index (χ2v) is 7.23. The van der Waals surface area contributed by atoms with Gasteiger partial charge in [0.1, 0.15) is 5.75 Å². The Bertz CT molecular complexity index is 1040. The second kappa shape index (κ2) is 9.65. The Hall–Kier alpha value is -2.73. The summed E-state index contributed by atoms with van der Waals surface area (Å²) in [7, 11) is 0. The van der Waals surface area contributed by atoms with Crippen molar-refractivity contribution in [3.8, 4) is 5.75 Å². The molecule has 2 N–H and O–H groups in total. The third kappa shape index (κ3) is 6.12. The van der Waals surface area contributed by atoms with Gasteiger partial charge >= 0.3 is 0 Å². The zero-order chi connectivity index (χ0) is 20.8. The molecule has 2 amide bonds. The molecule has 29 heavy (non-hydrogen) atoms. The number of halogens is 3. The molecule has 0 aromatic heterocycles. The van der Waals surface area contributed by atoms with Crippen LogP contribution in [0.15, 0.2) is 66.7 Å². The normalized spacial score (nSPS) is 10.3. The van der Waals surface area contributed by atoms with E-state index in [1.807, 2.05) is 0 Å². The molecule has 0 saturated heterocycles. The molecule has 0 radical (unpaired) electrons. The number of hydrogen-bond donors (Lipinski definition) is 2. The van der Waals surface area contributed by atoms with E-state index in [1.165, 1.54) is 6.07 Å². The minimum atomic E-state index is -0.388. The summed E-state index contributed by atoms with van der Waals surface area (Å²) in [6.07, 6.45) is 0. The van der Waals surface area contributed by atoms with E-state index in [4.69, 9.17) is 39.5 Å². The fourth-order valence-corrected chi connectivity index (χ4v) is 3.04. The van der Waals surface area contributed by atoms with Gasteiger partial charge in [-0.25, -0.2) is 0 Å². The van der Waals surface area contributed by atoms with Crippen LogP contribution in [0.2, 0.25) is 15.1 Å². The Labute approximate surface area is 182 Å². The van der Waals surface area contributed by atoms with Gasteiger partial charge in [-0.05, 0) is 60.7 Å². The number of carbonyl (C=O) groups is 2. The molecule has 0 heterocycles. The molecule has 5 nitrogen and oxygen atoms in total. The highest BCUT2D eigenvalue weighted by Crippen LogP contribution is 2.23. The maximum Gasteiger partial charge on any atom is 0.262 e. The zero-order valence-corrected chi connectivity index (χ0v) is 17.2. The Morgan fingerprint density at radius 2 is 1.45 bits per heavy atom. The molecule has 0 aliphatic carbocycles. The van der Waals surface area contributed by atoms with Gasteiger partial charge in [-0.3, -0.25) is 9.59 Å². The molecular formula is C21H15Cl3N2O3. The number of nitrogens with one attached hydrogen (secondary N) is 2. The van der Waals surface area contributed by atoms with Crippen LogP contribution in [0.1, 0.15) is 10.4 Å². The van der Waals surface area contributed by atoms with Crippen molar-refractivity contribution in [2.24, 2.45) is 0 Å². The smallest absolute Gasteiger partial charge is 0.262 e. The fourth-order valence-electron chi connectivity index (χ4n) is 2.42. The van der Waals surface area contributed by atoms with Crippen molar-refractivity contribution >= 4 is 58.0 Å². The van der Waals surface area contributed by atoms with Crippen molar-refractivity contribution in [2.45, 2.75) is 0 Å².